The van der Waals surface area contributed by atoms with E-state index in [9.17, 15) is 14.4 Å². The summed E-state index contributed by atoms with van der Waals surface area (Å²) >= 11 is 0. The molecule has 0 atom stereocenters. The summed E-state index contributed by atoms with van der Waals surface area (Å²) in [6, 6.07) is 14.5. The number of esters is 1. The SMILES string of the molecule is COC(=O)c1ccccc1N(CCNC(=O)Cc1c[nH]c2ccccc12)C(C)=O. The van der Waals surface area contributed by atoms with Crippen LogP contribution in [0.3, 0.4) is 0 Å². The third-order valence-corrected chi connectivity index (χ3v) is 4.66. The van der Waals surface area contributed by atoms with E-state index in [1.54, 1.807) is 24.3 Å². The second-order valence-electron chi connectivity index (χ2n) is 6.57. The van der Waals surface area contributed by atoms with Gasteiger partial charge in [0.05, 0.1) is 24.8 Å². The van der Waals surface area contributed by atoms with Crippen molar-refractivity contribution in [2.45, 2.75) is 13.3 Å². The highest BCUT2D eigenvalue weighted by atomic mass is 16.5. The van der Waals surface area contributed by atoms with Gasteiger partial charge in [-0.15, -0.1) is 0 Å². The number of rotatable bonds is 7. The number of carbonyl (C=O) groups excluding carboxylic acids is 3. The zero-order chi connectivity index (χ0) is 20.8. The molecule has 0 aliphatic rings. The van der Waals surface area contributed by atoms with Crippen LogP contribution in [0.1, 0.15) is 22.8 Å². The molecule has 7 nitrogen and oxygen atoms in total. The van der Waals surface area contributed by atoms with E-state index in [2.05, 4.69) is 10.3 Å². The number of benzene rings is 2. The minimum Gasteiger partial charge on any atom is -0.465 e. The lowest BCUT2D eigenvalue weighted by Crippen LogP contribution is -2.38. The van der Waals surface area contributed by atoms with Crippen LogP contribution in [-0.2, 0) is 20.7 Å². The fourth-order valence-corrected chi connectivity index (χ4v) is 3.26. The molecule has 29 heavy (non-hydrogen) atoms. The number of fused-ring (bicyclic) bond motifs is 1. The summed E-state index contributed by atoms with van der Waals surface area (Å²) in [4.78, 5) is 41.1. The average Bonchev–Trinajstić information content (AvgIpc) is 3.13. The molecule has 2 N–H and O–H groups in total. The lowest BCUT2D eigenvalue weighted by atomic mass is 10.1. The Morgan fingerprint density at radius 1 is 1.07 bits per heavy atom. The van der Waals surface area contributed by atoms with E-state index in [0.717, 1.165) is 16.5 Å². The number of nitrogens with zero attached hydrogens (tertiary/aromatic N) is 1. The van der Waals surface area contributed by atoms with E-state index in [1.807, 2.05) is 30.5 Å². The second-order valence-corrected chi connectivity index (χ2v) is 6.57. The Morgan fingerprint density at radius 2 is 1.79 bits per heavy atom. The summed E-state index contributed by atoms with van der Waals surface area (Å²) in [5.74, 6) is -0.887. The average molecular weight is 393 g/mol. The van der Waals surface area contributed by atoms with Crippen LogP contribution in [0, 0.1) is 0 Å². The minimum atomic E-state index is -0.518. The van der Waals surface area contributed by atoms with Gasteiger partial charge in [0.2, 0.25) is 11.8 Å². The number of ether oxygens (including phenoxy) is 1. The molecule has 0 bridgehead atoms. The zero-order valence-electron chi connectivity index (χ0n) is 16.4. The lowest BCUT2D eigenvalue weighted by molar-refractivity contribution is -0.121. The minimum absolute atomic E-state index is 0.139. The van der Waals surface area contributed by atoms with Crippen molar-refractivity contribution in [1.82, 2.24) is 10.3 Å². The molecule has 150 valence electrons. The maximum Gasteiger partial charge on any atom is 0.339 e. The predicted octanol–water partition coefficient (Wildman–Crippen LogP) is 2.67. The van der Waals surface area contributed by atoms with Gasteiger partial charge in [0, 0.05) is 37.1 Å². The number of H-pyrrole nitrogens is 1. The molecule has 2 aromatic carbocycles. The number of aromatic nitrogens is 1. The van der Waals surface area contributed by atoms with E-state index >= 15 is 0 Å². The van der Waals surface area contributed by atoms with Crippen LogP contribution in [0.15, 0.2) is 54.7 Å². The number of para-hydroxylation sites is 2. The Labute approximate surface area is 168 Å². The van der Waals surface area contributed by atoms with Crippen LogP contribution >= 0.6 is 0 Å². The van der Waals surface area contributed by atoms with Crippen molar-refractivity contribution in [1.29, 1.82) is 0 Å². The summed E-state index contributed by atoms with van der Waals surface area (Å²) in [5, 5.41) is 3.85. The van der Waals surface area contributed by atoms with E-state index in [0.29, 0.717) is 11.3 Å². The van der Waals surface area contributed by atoms with Crippen molar-refractivity contribution in [2.24, 2.45) is 0 Å². The molecule has 0 saturated carbocycles. The van der Waals surface area contributed by atoms with Gasteiger partial charge in [0.25, 0.3) is 0 Å². The number of hydrogen-bond donors (Lipinski definition) is 2. The third kappa shape index (κ3) is 4.63. The van der Waals surface area contributed by atoms with Gasteiger partial charge in [-0.2, -0.15) is 0 Å². The third-order valence-electron chi connectivity index (χ3n) is 4.66. The number of carbonyl (C=O) groups is 3. The topological polar surface area (TPSA) is 91.5 Å². The van der Waals surface area contributed by atoms with Gasteiger partial charge in [-0.1, -0.05) is 30.3 Å². The summed E-state index contributed by atoms with van der Waals surface area (Å²) < 4.78 is 4.79. The highest BCUT2D eigenvalue weighted by Gasteiger charge is 2.19. The highest BCUT2D eigenvalue weighted by molar-refractivity contribution is 6.02. The van der Waals surface area contributed by atoms with E-state index in [1.165, 1.54) is 18.9 Å². The molecule has 0 fully saturated rings. The summed E-state index contributed by atoms with van der Waals surface area (Å²) in [6.07, 6.45) is 2.07. The molecular weight excluding hydrogens is 370 g/mol. The summed E-state index contributed by atoms with van der Waals surface area (Å²) in [6.45, 7) is 1.92. The number of amides is 2. The zero-order valence-corrected chi connectivity index (χ0v) is 16.4. The van der Waals surface area contributed by atoms with Crippen LogP contribution in [0.25, 0.3) is 10.9 Å². The van der Waals surface area contributed by atoms with Crippen molar-refractivity contribution in [3.8, 4) is 0 Å². The Morgan fingerprint density at radius 3 is 2.55 bits per heavy atom. The van der Waals surface area contributed by atoms with Crippen molar-refractivity contribution >= 4 is 34.4 Å². The number of aromatic amines is 1. The monoisotopic (exact) mass is 393 g/mol. The van der Waals surface area contributed by atoms with Crippen LogP contribution in [-0.4, -0.2) is 43.0 Å². The molecule has 2 amide bonds. The fourth-order valence-electron chi connectivity index (χ4n) is 3.26. The van der Waals surface area contributed by atoms with E-state index in [-0.39, 0.29) is 31.3 Å². The van der Waals surface area contributed by atoms with Crippen molar-refractivity contribution in [3.05, 3.63) is 65.9 Å². The lowest BCUT2D eigenvalue weighted by Gasteiger charge is -2.23. The first kappa shape index (κ1) is 20.1. The number of anilines is 1. The van der Waals surface area contributed by atoms with Gasteiger partial charge in [-0.05, 0) is 23.8 Å². The molecule has 0 radical (unpaired) electrons. The molecule has 7 heteroatoms. The molecule has 1 heterocycles. The van der Waals surface area contributed by atoms with Gasteiger partial charge in [-0.25, -0.2) is 4.79 Å². The standard InChI is InChI=1S/C22H23N3O4/c1-15(26)25(20-10-6-4-8-18(20)22(28)29-2)12-11-23-21(27)13-16-14-24-19-9-5-3-7-17(16)19/h3-10,14,24H,11-13H2,1-2H3,(H,23,27). The first-order valence-electron chi connectivity index (χ1n) is 9.28. The molecule has 0 aliphatic heterocycles. The van der Waals surface area contributed by atoms with Crippen molar-refractivity contribution in [2.75, 3.05) is 25.1 Å². The number of hydrogen-bond acceptors (Lipinski definition) is 4. The van der Waals surface area contributed by atoms with Crippen LogP contribution in [0.4, 0.5) is 5.69 Å². The smallest absolute Gasteiger partial charge is 0.339 e. The van der Waals surface area contributed by atoms with Crippen molar-refractivity contribution < 1.29 is 19.1 Å². The maximum absolute atomic E-state index is 12.4. The first-order valence-corrected chi connectivity index (χ1v) is 9.28. The maximum atomic E-state index is 12.4. The molecule has 0 unspecified atom stereocenters. The molecule has 3 aromatic rings. The van der Waals surface area contributed by atoms with Gasteiger partial charge in [0.15, 0.2) is 0 Å². The molecule has 0 aliphatic carbocycles. The van der Waals surface area contributed by atoms with Crippen molar-refractivity contribution in [3.63, 3.8) is 0 Å². The first-order chi connectivity index (χ1) is 14.0. The molecular formula is C22H23N3O4. The van der Waals surface area contributed by atoms with Crippen LogP contribution in [0.5, 0.6) is 0 Å². The van der Waals surface area contributed by atoms with Gasteiger partial charge in [0.1, 0.15) is 0 Å². The normalized spacial score (nSPS) is 10.6. The molecule has 0 saturated heterocycles. The van der Waals surface area contributed by atoms with E-state index < -0.39 is 5.97 Å². The Hall–Kier alpha value is -3.61. The van der Waals surface area contributed by atoms with Crippen LogP contribution < -0.4 is 10.2 Å². The number of nitrogens with one attached hydrogen (secondary N) is 2. The van der Waals surface area contributed by atoms with Gasteiger partial charge < -0.3 is 19.9 Å². The molecule has 0 spiro atoms. The Kier molecular flexibility index (Phi) is 6.29. The summed E-state index contributed by atoms with van der Waals surface area (Å²) in [7, 11) is 1.29. The fraction of sp³-hybridized carbons (Fsp3) is 0.227. The van der Waals surface area contributed by atoms with Gasteiger partial charge >= 0.3 is 5.97 Å². The Bertz CT molecular complexity index is 1040. The largest absolute Gasteiger partial charge is 0.465 e. The summed E-state index contributed by atoms with van der Waals surface area (Å²) in [5.41, 5.74) is 2.66. The predicted molar refractivity (Wildman–Crippen MR) is 111 cm³/mol. The quantitative estimate of drug-likeness (QED) is 0.604. The Balaban J connectivity index is 1.64. The molecule has 3 rings (SSSR count). The highest BCUT2D eigenvalue weighted by Crippen LogP contribution is 2.21. The molecule has 1 aromatic heterocycles. The van der Waals surface area contributed by atoms with Crippen LogP contribution in [0.2, 0.25) is 0 Å². The second kappa shape index (κ2) is 9.05. The van der Waals surface area contributed by atoms with Gasteiger partial charge in [-0.3, -0.25) is 9.59 Å². The number of methoxy groups -OCH3 is 1. The van der Waals surface area contributed by atoms with E-state index in [4.69, 9.17) is 4.74 Å².